The molecular formula is C23H21ClN2O4S. The number of amides is 1. The molecular weight excluding hydrogens is 436 g/mol. The number of carbonyl (C=O) groups excluding carboxylic acids is 1. The van der Waals surface area contributed by atoms with Crippen molar-refractivity contribution >= 4 is 38.9 Å². The monoisotopic (exact) mass is 456 g/mol. The Hall–Kier alpha value is -3.03. The summed E-state index contributed by atoms with van der Waals surface area (Å²) < 4.78 is 31.1. The summed E-state index contributed by atoms with van der Waals surface area (Å²) in [6.45, 7) is 2.37. The molecule has 0 atom stereocenters. The van der Waals surface area contributed by atoms with Gasteiger partial charge >= 0.3 is 0 Å². The maximum absolute atomic E-state index is 12.9. The van der Waals surface area contributed by atoms with Crippen molar-refractivity contribution in [1.29, 1.82) is 0 Å². The summed E-state index contributed by atoms with van der Waals surface area (Å²) in [6.07, 6.45) is 1.74. The van der Waals surface area contributed by atoms with Gasteiger partial charge in [-0.1, -0.05) is 29.3 Å². The van der Waals surface area contributed by atoms with Crippen LogP contribution in [0.5, 0.6) is 11.5 Å². The first kappa shape index (κ1) is 21.2. The van der Waals surface area contributed by atoms with Gasteiger partial charge in [0.25, 0.3) is 5.91 Å². The maximum atomic E-state index is 12.9. The summed E-state index contributed by atoms with van der Waals surface area (Å²) >= 11 is 6.14. The SMILES string of the molecule is Cc1ccc(Oc2ccc(Cl)cc2NC(=O)c2ccc3c(c2)CCN3S(C)(=O)=O)cc1. The second kappa shape index (κ2) is 8.24. The molecule has 1 aliphatic rings. The summed E-state index contributed by atoms with van der Waals surface area (Å²) in [5.41, 5.74) is 3.42. The Balaban J connectivity index is 1.58. The molecule has 31 heavy (non-hydrogen) atoms. The number of benzene rings is 3. The number of nitrogens with zero attached hydrogens (tertiary/aromatic N) is 1. The third-order valence-corrected chi connectivity index (χ3v) is 6.45. The van der Waals surface area contributed by atoms with E-state index < -0.39 is 10.0 Å². The van der Waals surface area contributed by atoms with E-state index in [1.807, 2.05) is 31.2 Å². The van der Waals surface area contributed by atoms with Crippen LogP contribution in [0.1, 0.15) is 21.5 Å². The molecule has 0 saturated carbocycles. The number of aryl methyl sites for hydroxylation is 1. The minimum absolute atomic E-state index is 0.336. The van der Waals surface area contributed by atoms with E-state index in [9.17, 15) is 13.2 Å². The average molecular weight is 457 g/mol. The van der Waals surface area contributed by atoms with E-state index in [-0.39, 0.29) is 5.91 Å². The molecule has 0 bridgehead atoms. The van der Waals surface area contributed by atoms with Gasteiger partial charge in [-0.15, -0.1) is 0 Å². The zero-order chi connectivity index (χ0) is 22.2. The van der Waals surface area contributed by atoms with Crippen LogP contribution in [0, 0.1) is 6.92 Å². The van der Waals surface area contributed by atoms with Gasteiger partial charge in [0.05, 0.1) is 17.6 Å². The molecule has 1 N–H and O–H groups in total. The molecule has 1 aliphatic heterocycles. The zero-order valence-corrected chi connectivity index (χ0v) is 18.6. The van der Waals surface area contributed by atoms with Crippen molar-refractivity contribution in [3.8, 4) is 11.5 Å². The fourth-order valence-electron chi connectivity index (χ4n) is 3.47. The highest BCUT2D eigenvalue weighted by Crippen LogP contribution is 2.34. The van der Waals surface area contributed by atoms with Gasteiger partial charge in [0, 0.05) is 17.1 Å². The van der Waals surface area contributed by atoms with Crippen LogP contribution in [0.25, 0.3) is 0 Å². The van der Waals surface area contributed by atoms with E-state index >= 15 is 0 Å². The minimum atomic E-state index is -3.34. The Morgan fingerprint density at radius 2 is 1.81 bits per heavy atom. The highest BCUT2D eigenvalue weighted by molar-refractivity contribution is 7.92. The van der Waals surface area contributed by atoms with Gasteiger partial charge in [-0.2, -0.15) is 0 Å². The molecule has 3 aromatic rings. The smallest absolute Gasteiger partial charge is 0.255 e. The van der Waals surface area contributed by atoms with Crippen molar-refractivity contribution in [2.75, 3.05) is 22.4 Å². The lowest BCUT2D eigenvalue weighted by Crippen LogP contribution is -2.27. The predicted molar refractivity (Wildman–Crippen MR) is 123 cm³/mol. The number of hydrogen-bond donors (Lipinski definition) is 1. The molecule has 0 saturated heterocycles. The van der Waals surface area contributed by atoms with E-state index in [1.54, 1.807) is 36.4 Å². The third kappa shape index (κ3) is 4.68. The van der Waals surface area contributed by atoms with Crippen LogP contribution in [0.2, 0.25) is 5.02 Å². The van der Waals surface area contributed by atoms with Gasteiger partial charge in [-0.25, -0.2) is 8.42 Å². The third-order valence-electron chi connectivity index (χ3n) is 5.03. The molecule has 1 heterocycles. The lowest BCUT2D eigenvalue weighted by atomic mass is 10.1. The first-order valence-electron chi connectivity index (χ1n) is 9.67. The normalized spacial score (nSPS) is 13.1. The van der Waals surface area contributed by atoms with Crippen molar-refractivity contribution in [2.45, 2.75) is 13.3 Å². The lowest BCUT2D eigenvalue weighted by Gasteiger charge is -2.16. The molecule has 0 aliphatic carbocycles. The van der Waals surface area contributed by atoms with Crippen molar-refractivity contribution in [2.24, 2.45) is 0 Å². The van der Waals surface area contributed by atoms with E-state index in [0.717, 1.165) is 11.1 Å². The van der Waals surface area contributed by atoms with E-state index in [0.29, 0.717) is 46.4 Å². The number of rotatable bonds is 5. The van der Waals surface area contributed by atoms with E-state index in [4.69, 9.17) is 16.3 Å². The quantitative estimate of drug-likeness (QED) is 0.585. The Kier molecular flexibility index (Phi) is 5.64. The Bertz CT molecular complexity index is 1260. The molecule has 0 spiro atoms. The summed E-state index contributed by atoms with van der Waals surface area (Å²) in [5.74, 6) is 0.768. The van der Waals surface area contributed by atoms with Gasteiger partial charge in [0.15, 0.2) is 5.75 Å². The summed E-state index contributed by atoms with van der Waals surface area (Å²) in [6, 6.07) is 17.6. The van der Waals surface area contributed by atoms with Crippen LogP contribution in [-0.2, 0) is 16.4 Å². The molecule has 6 nitrogen and oxygen atoms in total. The first-order valence-corrected chi connectivity index (χ1v) is 11.9. The highest BCUT2D eigenvalue weighted by Gasteiger charge is 2.27. The lowest BCUT2D eigenvalue weighted by molar-refractivity contribution is 0.102. The second-order valence-corrected chi connectivity index (χ2v) is 9.78. The van der Waals surface area contributed by atoms with Gasteiger partial charge in [-0.3, -0.25) is 9.10 Å². The number of carbonyl (C=O) groups is 1. The Morgan fingerprint density at radius 3 is 2.52 bits per heavy atom. The predicted octanol–water partition coefficient (Wildman–Crippen LogP) is 5.02. The van der Waals surface area contributed by atoms with Crippen LogP contribution >= 0.6 is 11.6 Å². The molecule has 1 amide bonds. The van der Waals surface area contributed by atoms with Crippen LogP contribution in [-0.4, -0.2) is 27.1 Å². The molecule has 0 fully saturated rings. The molecule has 0 radical (unpaired) electrons. The molecule has 3 aromatic carbocycles. The molecule has 4 rings (SSSR count). The number of ether oxygens (including phenoxy) is 1. The fourth-order valence-corrected chi connectivity index (χ4v) is 4.60. The summed E-state index contributed by atoms with van der Waals surface area (Å²) in [4.78, 5) is 12.9. The number of anilines is 2. The molecule has 0 unspecified atom stereocenters. The van der Waals surface area contributed by atoms with Crippen LogP contribution in [0.4, 0.5) is 11.4 Å². The van der Waals surface area contributed by atoms with Crippen molar-refractivity contribution < 1.29 is 17.9 Å². The summed E-state index contributed by atoms with van der Waals surface area (Å²) in [7, 11) is -3.34. The van der Waals surface area contributed by atoms with Crippen LogP contribution in [0.15, 0.2) is 60.7 Å². The van der Waals surface area contributed by atoms with Gasteiger partial charge in [-0.05, 0) is 67.4 Å². The number of hydrogen-bond acceptors (Lipinski definition) is 4. The standard InChI is InChI=1S/C23H21ClN2O4S/c1-15-3-7-19(8-4-15)30-22-10-6-18(24)14-20(22)25-23(27)17-5-9-21-16(13-17)11-12-26(21)31(2,28)29/h3-10,13-14H,11-12H2,1-2H3,(H,25,27). The van der Waals surface area contributed by atoms with Gasteiger partial charge in [0.2, 0.25) is 10.0 Å². The zero-order valence-electron chi connectivity index (χ0n) is 17.1. The minimum Gasteiger partial charge on any atom is -0.455 e. The number of fused-ring (bicyclic) bond motifs is 1. The van der Waals surface area contributed by atoms with Crippen molar-refractivity contribution in [3.05, 3.63) is 82.4 Å². The summed E-state index contributed by atoms with van der Waals surface area (Å²) in [5, 5.41) is 3.31. The largest absolute Gasteiger partial charge is 0.455 e. The average Bonchev–Trinajstić information content (AvgIpc) is 3.15. The first-order chi connectivity index (χ1) is 14.7. The number of nitrogens with one attached hydrogen (secondary N) is 1. The van der Waals surface area contributed by atoms with Gasteiger partial charge in [0.1, 0.15) is 5.75 Å². The van der Waals surface area contributed by atoms with Crippen LogP contribution in [0.3, 0.4) is 0 Å². The second-order valence-electron chi connectivity index (χ2n) is 7.44. The van der Waals surface area contributed by atoms with E-state index in [2.05, 4.69) is 5.32 Å². The van der Waals surface area contributed by atoms with Gasteiger partial charge < -0.3 is 10.1 Å². The van der Waals surface area contributed by atoms with Crippen molar-refractivity contribution in [3.63, 3.8) is 0 Å². The number of sulfonamides is 1. The Labute approximate surface area is 186 Å². The maximum Gasteiger partial charge on any atom is 0.255 e. The fraction of sp³-hybridized carbons (Fsp3) is 0.174. The molecule has 0 aromatic heterocycles. The molecule has 160 valence electrons. The highest BCUT2D eigenvalue weighted by atomic mass is 35.5. The molecule has 8 heteroatoms. The van der Waals surface area contributed by atoms with Crippen LogP contribution < -0.4 is 14.4 Å². The van der Waals surface area contributed by atoms with E-state index in [1.165, 1.54) is 10.6 Å². The number of halogens is 1. The Morgan fingerprint density at radius 1 is 1.06 bits per heavy atom. The van der Waals surface area contributed by atoms with Crippen molar-refractivity contribution in [1.82, 2.24) is 0 Å². The topological polar surface area (TPSA) is 75.7 Å².